The van der Waals surface area contributed by atoms with Crippen LogP contribution in [-0.4, -0.2) is 29.0 Å². The number of nitrogens with zero attached hydrogens (tertiary/aromatic N) is 3. The second kappa shape index (κ2) is 7.80. The Kier molecular flexibility index (Phi) is 5.06. The second-order valence-corrected chi connectivity index (χ2v) is 7.37. The van der Waals surface area contributed by atoms with E-state index in [0.29, 0.717) is 5.56 Å². The molecule has 1 aliphatic rings. The minimum atomic E-state index is -0.124. The van der Waals surface area contributed by atoms with Gasteiger partial charge in [0, 0.05) is 36.0 Å². The van der Waals surface area contributed by atoms with Gasteiger partial charge in [-0.15, -0.1) is 0 Å². The van der Waals surface area contributed by atoms with Gasteiger partial charge in [-0.2, -0.15) is 0 Å². The van der Waals surface area contributed by atoms with Crippen molar-refractivity contribution in [2.75, 3.05) is 23.3 Å². The molecule has 1 fully saturated rings. The summed E-state index contributed by atoms with van der Waals surface area (Å²) in [5, 5.41) is 2.99. The number of nitrogens with one attached hydrogen (secondary N) is 1. The fourth-order valence-corrected chi connectivity index (χ4v) is 3.69. The molecule has 5 nitrogen and oxygen atoms in total. The lowest BCUT2D eigenvalue weighted by atomic mass is 10.1. The van der Waals surface area contributed by atoms with Crippen molar-refractivity contribution in [1.29, 1.82) is 0 Å². The Morgan fingerprint density at radius 2 is 1.71 bits per heavy atom. The third-order valence-electron chi connectivity index (χ3n) is 4.98. The van der Waals surface area contributed by atoms with Gasteiger partial charge < -0.3 is 10.2 Å². The summed E-state index contributed by atoms with van der Waals surface area (Å²) in [7, 11) is 0. The monoisotopic (exact) mass is 372 g/mol. The molecule has 0 atom stereocenters. The van der Waals surface area contributed by atoms with Crippen LogP contribution in [-0.2, 0) is 0 Å². The first-order valence-corrected chi connectivity index (χ1v) is 9.65. The van der Waals surface area contributed by atoms with Crippen LogP contribution in [0.15, 0.2) is 54.9 Å². The third kappa shape index (κ3) is 4.03. The zero-order valence-corrected chi connectivity index (χ0v) is 16.3. The lowest BCUT2D eigenvalue weighted by Gasteiger charge is -2.16. The number of aromatic nitrogens is 2. The summed E-state index contributed by atoms with van der Waals surface area (Å²) in [4.78, 5) is 23.9. The van der Waals surface area contributed by atoms with Crippen molar-refractivity contribution in [3.8, 4) is 11.3 Å². The molecule has 0 bridgehead atoms. The van der Waals surface area contributed by atoms with Crippen molar-refractivity contribution < 1.29 is 4.79 Å². The molecule has 0 aliphatic carbocycles. The van der Waals surface area contributed by atoms with Crippen LogP contribution in [0.25, 0.3) is 11.3 Å². The molecule has 4 rings (SSSR count). The van der Waals surface area contributed by atoms with Gasteiger partial charge in [0.2, 0.25) is 0 Å². The van der Waals surface area contributed by atoms with Crippen LogP contribution in [0.1, 0.15) is 34.3 Å². The van der Waals surface area contributed by atoms with E-state index in [0.717, 1.165) is 47.0 Å². The first-order valence-electron chi connectivity index (χ1n) is 9.65. The highest BCUT2D eigenvalue weighted by Crippen LogP contribution is 2.24. The van der Waals surface area contributed by atoms with Gasteiger partial charge in [0.25, 0.3) is 5.91 Å². The quantitative estimate of drug-likeness (QED) is 0.726. The van der Waals surface area contributed by atoms with E-state index in [2.05, 4.69) is 26.3 Å². The van der Waals surface area contributed by atoms with Gasteiger partial charge in [-0.25, -0.2) is 9.97 Å². The van der Waals surface area contributed by atoms with Crippen molar-refractivity contribution in [1.82, 2.24) is 9.97 Å². The van der Waals surface area contributed by atoms with Gasteiger partial charge in [-0.05, 0) is 62.1 Å². The van der Waals surface area contributed by atoms with E-state index in [1.165, 1.54) is 12.8 Å². The van der Waals surface area contributed by atoms with Gasteiger partial charge >= 0.3 is 0 Å². The van der Waals surface area contributed by atoms with E-state index in [-0.39, 0.29) is 5.91 Å². The molecular weight excluding hydrogens is 348 g/mol. The SMILES string of the molecule is Cc1cc(C)cc(NC(=O)c2cccc(-c3cc(N4CCCC4)ncn3)c2)c1. The van der Waals surface area contributed by atoms with Gasteiger partial charge in [0.05, 0.1) is 5.69 Å². The van der Waals surface area contributed by atoms with Crippen molar-refractivity contribution in [3.05, 3.63) is 71.5 Å². The maximum absolute atomic E-state index is 12.7. The van der Waals surface area contributed by atoms with E-state index >= 15 is 0 Å². The van der Waals surface area contributed by atoms with Gasteiger partial charge in [-0.1, -0.05) is 18.2 Å². The highest BCUT2D eigenvalue weighted by Gasteiger charge is 2.15. The van der Waals surface area contributed by atoms with Gasteiger partial charge in [0.15, 0.2) is 0 Å². The fourth-order valence-electron chi connectivity index (χ4n) is 3.69. The topological polar surface area (TPSA) is 58.1 Å². The smallest absolute Gasteiger partial charge is 0.255 e. The normalized spacial score (nSPS) is 13.6. The van der Waals surface area contributed by atoms with Crippen molar-refractivity contribution in [2.24, 2.45) is 0 Å². The van der Waals surface area contributed by atoms with Crippen LogP contribution in [0.3, 0.4) is 0 Å². The Labute approximate surface area is 165 Å². The van der Waals surface area contributed by atoms with E-state index in [9.17, 15) is 4.79 Å². The van der Waals surface area contributed by atoms with Crippen LogP contribution in [0.4, 0.5) is 11.5 Å². The molecule has 142 valence electrons. The zero-order valence-electron chi connectivity index (χ0n) is 16.3. The van der Waals surface area contributed by atoms with Crippen LogP contribution in [0, 0.1) is 13.8 Å². The number of carbonyl (C=O) groups is 1. The number of hydrogen-bond acceptors (Lipinski definition) is 4. The first-order chi connectivity index (χ1) is 13.6. The first kappa shape index (κ1) is 18.2. The molecule has 1 saturated heterocycles. The highest BCUT2D eigenvalue weighted by atomic mass is 16.1. The third-order valence-corrected chi connectivity index (χ3v) is 4.98. The Balaban J connectivity index is 1.57. The molecule has 1 amide bonds. The van der Waals surface area contributed by atoms with Crippen LogP contribution in [0.5, 0.6) is 0 Å². The van der Waals surface area contributed by atoms with Crippen LogP contribution >= 0.6 is 0 Å². The minimum Gasteiger partial charge on any atom is -0.357 e. The summed E-state index contributed by atoms with van der Waals surface area (Å²) in [5.74, 6) is 0.827. The lowest BCUT2D eigenvalue weighted by Crippen LogP contribution is -2.19. The molecular formula is C23H24N4O. The number of benzene rings is 2. The Bertz CT molecular complexity index is 989. The molecule has 1 aromatic heterocycles. The fraction of sp³-hybridized carbons (Fsp3) is 0.261. The Morgan fingerprint density at radius 1 is 0.964 bits per heavy atom. The standard InChI is InChI=1S/C23H24N4O/c1-16-10-17(2)12-20(11-16)26-23(28)19-7-5-6-18(13-19)21-14-22(25-15-24-21)27-8-3-4-9-27/h5-7,10-15H,3-4,8-9H2,1-2H3,(H,26,28). The number of aryl methyl sites for hydroxylation is 2. The molecule has 1 N–H and O–H groups in total. The van der Waals surface area contributed by atoms with Crippen molar-refractivity contribution in [2.45, 2.75) is 26.7 Å². The molecule has 1 aliphatic heterocycles. The largest absolute Gasteiger partial charge is 0.357 e. The van der Waals surface area contributed by atoms with Gasteiger partial charge in [0.1, 0.15) is 12.1 Å². The maximum Gasteiger partial charge on any atom is 0.255 e. The average Bonchev–Trinajstić information content (AvgIpc) is 3.22. The Morgan fingerprint density at radius 3 is 2.46 bits per heavy atom. The number of amides is 1. The van der Waals surface area contributed by atoms with E-state index < -0.39 is 0 Å². The molecule has 0 unspecified atom stereocenters. The summed E-state index contributed by atoms with van der Waals surface area (Å²) in [6.07, 6.45) is 4.01. The lowest BCUT2D eigenvalue weighted by molar-refractivity contribution is 0.102. The van der Waals surface area contributed by atoms with Crippen molar-refractivity contribution >= 4 is 17.4 Å². The summed E-state index contributed by atoms with van der Waals surface area (Å²) in [6, 6.07) is 15.6. The summed E-state index contributed by atoms with van der Waals surface area (Å²) >= 11 is 0. The number of anilines is 2. The molecule has 0 saturated carbocycles. The zero-order chi connectivity index (χ0) is 19.5. The molecule has 5 heteroatoms. The van der Waals surface area contributed by atoms with Crippen molar-refractivity contribution in [3.63, 3.8) is 0 Å². The molecule has 3 aromatic rings. The number of carbonyl (C=O) groups excluding carboxylic acids is 1. The minimum absolute atomic E-state index is 0.124. The summed E-state index contributed by atoms with van der Waals surface area (Å²) < 4.78 is 0. The molecule has 2 heterocycles. The number of hydrogen-bond donors (Lipinski definition) is 1. The predicted octanol–water partition coefficient (Wildman–Crippen LogP) is 4.61. The van der Waals surface area contributed by atoms with E-state index in [1.54, 1.807) is 6.33 Å². The van der Waals surface area contributed by atoms with Gasteiger partial charge in [-0.3, -0.25) is 4.79 Å². The maximum atomic E-state index is 12.7. The predicted molar refractivity (Wildman–Crippen MR) is 113 cm³/mol. The van der Waals surface area contributed by atoms with E-state index in [1.807, 2.05) is 56.3 Å². The average molecular weight is 372 g/mol. The second-order valence-electron chi connectivity index (χ2n) is 7.37. The summed E-state index contributed by atoms with van der Waals surface area (Å²) in [5.41, 5.74) is 5.41. The van der Waals surface area contributed by atoms with E-state index in [4.69, 9.17) is 0 Å². The number of rotatable bonds is 4. The van der Waals surface area contributed by atoms with Crippen LogP contribution < -0.4 is 10.2 Å². The Hall–Kier alpha value is -3.21. The molecule has 0 radical (unpaired) electrons. The highest BCUT2D eigenvalue weighted by molar-refractivity contribution is 6.05. The summed E-state index contributed by atoms with van der Waals surface area (Å²) in [6.45, 7) is 6.12. The van der Waals surface area contributed by atoms with Crippen LogP contribution in [0.2, 0.25) is 0 Å². The molecule has 28 heavy (non-hydrogen) atoms. The molecule has 2 aromatic carbocycles. The molecule has 0 spiro atoms.